The van der Waals surface area contributed by atoms with Crippen molar-refractivity contribution >= 4 is 17.1 Å². The third-order valence-electron chi connectivity index (χ3n) is 3.15. The number of nitrogens with zero attached hydrogens (tertiary/aromatic N) is 4. The summed E-state index contributed by atoms with van der Waals surface area (Å²) >= 11 is 1.66. The zero-order valence-electron chi connectivity index (χ0n) is 9.13. The summed E-state index contributed by atoms with van der Waals surface area (Å²) in [6, 6.07) is 4.06. The predicted octanol–water partition coefficient (Wildman–Crippen LogP) is 2.34. The molecule has 0 bridgehead atoms. The fraction of sp³-hybridized carbons (Fsp3) is 0.250. The molecule has 84 valence electrons. The SMILES string of the molecule is c1csc(-c2nc3ncc4c(n3n2)CCC4)c1. The molecule has 0 fully saturated rings. The first-order valence-electron chi connectivity index (χ1n) is 5.69. The molecular weight excluding hydrogens is 232 g/mol. The molecule has 3 aromatic heterocycles. The number of thiophene rings is 1. The Kier molecular flexibility index (Phi) is 1.84. The second kappa shape index (κ2) is 3.37. The van der Waals surface area contributed by atoms with Gasteiger partial charge in [-0.2, -0.15) is 4.98 Å². The molecule has 0 amide bonds. The third-order valence-corrected chi connectivity index (χ3v) is 4.02. The molecule has 0 N–H and O–H groups in total. The predicted molar refractivity (Wildman–Crippen MR) is 66.1 cm³/mol. The van der Waals surface area contributed by atoms with Crippen molar-refractivity contribution in [1.29, 1.82) is 0 Å². The Hall–Kier alpha value is -1.75. The second-order valence-corrected chi connectivity index (χ2v) is 5.16. The van der Waals surface area contributed by atoms with E-state index in [0.29, 0.717) is 5.78 Å². The van der Waals surface area contributed by atoms with Crippen molar-refractivity contribution in [3.63, 3.8) is 0 Å². The number of aromatic nitrogens is 4. The largest absolute Gasteiger partial charge is 0.252 e. The van der Waals surface area contributed by atoms with Crippen LogP contribution in [-0.2, 0) is 12.8 Å². The van der Waals surface area contributed by atoms with Gasteiger partial charge < -0.3 is 0 Å². The van der Waals surface area contributed by atoms with Gasteiger partial charge in [-0.3, -0.25) is 0 Å². The first kappa shape index (κ1) is 9.30. The first-order chi connectivity index (χ1) is 8.42. The standard InChI is InChI=1S/C12H10N4S/c1-3-8-7-13-12-14-11(10-5-2-6-17-10)15-16(12)9(8)4-1/h2,5-7H,1,3-4H2. The van der Waals surface area contributed by atoms with Crippen LogP contribution in [0.5, 0.6) is 0 Å². The van der Waals surface area contributed by atoms with E-state index in [9.17, 15) is 0 Å². The van der Waals surface area contributed by atoms with Gasteiger partial charge in [0, 0.05) is 6.20 Å². The fourth-order valence-electron chi connectivity index (χ4n) is 2.35. The van der Waals surface area contributed by atoms with Crippen molar-refractivity contribution in [3.05, 3.63) is 35.0 Å². The second-order valence-electron chi connectivity index (χ2n) is 4.21. The molecule has 17 heavy (non-hydrogen) atoms. The lowest BCUT2D eigenvalue weighted by atomic mass is 10.3. The van der Waals surface area contributed by atoms with E-state index in [0.717, 1.165) is 23.5 Å². The Bertz CT molecular complexity index is 684. The van der Waals surface area contributed by atoms with E-state index < -0.39 is 0 Å². The van der Waals surface area contributed by atoms with E-state index >= 15 is 0 Å². The van der Waals surface area contributed by atoms with Crippen molar-refractivity contribution in [2.75, 3.05) is 0 Å². The molecule has 0 saturated carbocycles. The summed E-state index contributed by atoms with van der Waals surface area (Å²) in [4.78, 5) is 9.96. The van der Waals surface area contributed by atoms with Gasteiger partial charge in [0.25, 0.3) is 5.78 Å². The van der Waals surface area contributed by atoms with Crippen LogP contribution in [0.1, 0.15) is 17.7 Å². The minimum atomic E-state index is 0.717. The van der Waals surface area contributed by atoms with Gasteiger partial charge in [0.05, 0.1) is 10.6 Å². The number of hydrogen-bond donors (Lipinski definition) is 0. The van der Waals surface area contributed by atoms with Crippen LogP contribution in [-0.4, -0.2) is 19.6 Å². The van der Waals surface area contributed by atoms with Crippen LogP contribution in [0.3, 0.4) is 0 Å². The lowest BCUT2D eigenvalue weighted by Crippen LogP contribution is -1.99. The van der Waals surface area contributed by atoms with Crippen LogP contribution in [0.2, 0.25) is 0 Å². The van der Waals surface area contributed by atoms with Crippen molar-refractivity contribution in [2.24, 2.45) is 0 Å². The maximum atomic E-state index is 4.58. The van der Waals surface area contributed by atoms with Crippen molar-refractivity contribution in [3.8, 4) is 10.7 Å². The summed E-state index contributed by atoms with van der Waals surface area (Å²) in [7, 11) is 0. The summed E-state index contributed by atoms with van der Waals surface area (Å²) in [5.41, 5.74) is 2.60. The molecule has 4 rings (SSSR count). The van der Waals surface area contributed by atoms with Gasteiger partial charge in [-0.05, 0) is 36.3 Å². The molecule has 0 radical (unpaired) electrons. The first-order valence-corrected chi connectivity index (χ1v) is 6.57. The zero-order valence-corrected chi connectivity index (χ0v) is 9.94. The molecule has 0 atom stereocenters. The maximum Gasteiger partial charge on any atom is 0.252 e. The summed E-state index contributed by atoms with van der Waals surface area (Å²) in [6.45, 7) is 0. The van der Waals surface area contributed by atoms with Gasteiger partial charge in [0.2, 0.25) is 0 Å². The van der Waals surface area contributed by atoms with E-state index in [1.54, 1.807) is 11.3 Å². The summed E-state index contributed by atoms with van der Waals surface area (Å²) in [5, 5.41) is 6.62. The van der Waals surface area contributed by atoms with Gasteiger partial charge in [-0.25, -0.2) is 9.50 Å². The molecule has 0 aromatic carbocycles. The van der Waals surface area contributed by atoms with Crippen LogP contribution in [0, 0.1) is 0 Å². The monoisotopic (exact) mass is 242 g/mol. The van der Waals surface area contributed by atoms with Crippen LogP contribution in [0.4, 0.5) is 0 Å². The number of fused-ring (bicyclic) bond motifs is 3. The number of hydrogen-bond acceptors (Lipinski definition) is 4. The Labute approximate surface area is 102 Å². The van der Waals surface area contributed by atoms with Gasteiger partial charge >= 0.3 is 0 Å². The van der Waals surface area contributed by atoms with E-state index in [4.69, 9.17) is 0 Å². The Morgan fingerprint density at radius 3 is 3.18 bits per heavy atom. The molecule has 0 spiro atoms. The molecule has 0 saturated heterocycles. The van der Waals surface area contributed by atoms with Crippen LogP contribution in [0.15, 0.2) is 23.7 Å². The molecule has 5 heteroatoms. The highest BCUT2D eigenvalue weighted by Gasteiger charge is 2.18. The van der Waals surface area contributed by atoms with Gasteiger partial charge in [0.15, 0.2) is 5.82 Å². The average molecular weight is 242 g/mol. The van der Waals surface area contributed by atoms with E-state index in [1.807, 2.05) is 28.2 Å². The lowest BCUT2D eigenvalue weighted by molar-refractivity contribution is 0.838. The van der Waals surface area contributed by atoms with E-state index in [-0.39, 0.29) is 0 Å². The molecule has 1 aliphatic carbocycles. The van der Waals surface area contributed by atoms with Gasteiger partial charge in [-0.1, -0.05) is 6.07 Å². The Morgan fingerprint density at radius 1 is 1.29 bits per heavy atom. The van der Waals surface area contributed by atoms with Crippen molar-refractivity contribution < 1.29 is 0 Å². The molecular formula is C12H10N4S. The Morgan fingerprint density at radius 2 is 2.29 bits per heavy atom. The van der Waals surface area contributed by atoms with Crippen LogP contribution in [0.25, 0.3) is 16.5 Å². The molecule has 4 nitrogen and oxygen atoms in total. The normalized spacial score (nSPS) is 14.4. The highest BCUT2D eigenvalue weighted by molar-refractivity contribution is 7.13. The highest BCUT2D eigenvalue weighted by atomic mass is 32.1. The molecule has 3 heterocycles. The minimum Gasteiger partial charge on any atom is -0.219 e. The number of rotatable bonds is 1. The van der Waals surface area contributed by atoms with Crippen molar-refractivity contribution in [1.82, 2.24) is 19.6 Å². The van der Waals surface area contributed by atoms with E-state index in [1.165, 1.54) is 17.7 Å². The third kappa shape index (κ3) is 1.32. The smallest absolute Gasteiger partial charge is 0.219 e. The lowest BCUT2D eigenvalue weighted by Gasteiger charge is -1.99. The zero-order chi connectivity index (χ0) is 11.2. The maximum absolute atomic E-state index is 4.58. The minimum absolute atomic E-state index is 0.717. The quantitative estimate of drug-likeness (QED) is 0.658. The molecule has 0 aliphatic heterocycles. The van der Waals surface area contributed by atoms with E-state index in [2.05, 4.69) is 15.1 Å². The van der Waals surface area contributed by atoms with Gasteiger partial charge in [0.1, 0.15) is 0 Å². The van der Waals surface area contributed by atoms with Crippen LogP contribution >= 0.6 is 11.3 Å². The highest BCUT2D eigenvalue weighted by Crippen LogP contribution is 2.25. The molecule has 1 aliphatic rings. The Balaban J connectivity index is 1.99. The summed E-state index contributed by atoms with van der Waals surface area (Å²) in [6.07, 6.45) is 5.35. The fourth-order valence-corrected chi connectivity index (χ4v) is 3.00. The summed E-state index contributed by atoms with van der Waals surface area (Å²) < 4.78 is 1.91. The van der Waals surface area contributed by atoms with Crippen LogP contribution < -0.4 is 0 Å². The summed E-state index contributed by atoms with van der Waals surface area (Å²) in [5.74, 6) is 1.50. The van der Waals surface area contributed by atoms with Crippen molar-refractivity contribution in [2.45, 2.75) is 19.3 Å². The molecule has 0 unspecified atom stereocenters. The topological polar surface area (TPSA) is 43.1 Å². The number of aryl methyl sites for hydroxylation is 2. The average Bonchev–Trinajstić information content (AvgIpc) is 3.08. The van der Waals surface area contributed by atoms with Gasteiger partial charge in [-0.15, -0.1) is 16.4 Å². The molecule has 3 aromatic rings.